The number of carbonyl (C=O) groups excluding carboxylic acids is 2. The van der Waals surface area contributed by atoms with Crippen molar-refractivity contribution in [1.29, 1.82) is 10.8 Å². The maximum absolute atomic E-state index is 13.6. The summed E-state index contributed by atoms with van der Waals surface area (Å²) in [6.45, 7) is 1.52. The van der Waals surface area contributed by atoms with E-state index in [1.165, 1.54) is 37.5 Å². The fourth-order valence-corrected chi connectivity index (χ4v) is 3.06. The van der Waals surface area contributed by atoms with Crippen LogP contribution in [-0.4, -0.2) is 43.1 Å². The summed E-state index contributed by atoms with van der Waals surface area (Å²) in [5, 5.41) is 22.8. The Labute approximate surface area is 207 Å². The number of nitrogens with two attached hydrogens (primary N) is 2. The van der Waals surface area contributed by atoms with Gasteiger partial charge in [0.15, 0.2) is 5.82 Å². The van der Waals surface area contributed by atoms with Crippen LogP contribution in [0.3, 0.4) is 0 Å². The number of halogens is 3. The molecule has 0 saturated carbocycles. The Balaban J connectivity index is 2.03. The summed E-state index contributed by atoms with van der Waals surface area (Å²) < 4.78 is 41.7. The first-order valence-corrected chi connectivity index (χ1v) is 10.4. The van der Waals surface area contributed by atoms with Crippen LogP contribution in [0, 0.1) is 10.8 Å². The van der Waals surface area contributed by atoms with E-state index in [-0.39, 0.29) is 40.1 Å². The average Bonchev–Trinajstić information content (AvgIpc) is 3.25. The smallest absolute Gasteiger partial charge is 0.402 e. The zero-order chi connectivity index (χ0) is 27.3. The zero-order valence-electron chi connectivity index (χ0n) is 19.2. The van der Waals surface area contributed by atoms with Gasteiger partial charge in [-0.15, -0.1) is 0 Å². The maximum Gasteiger partial charge on any atom is 0.417 e. The van der Waals surface area contributed by atoms with Gasteiger partial charge in [-0.05, 0) is 37.3 Å². The second kappa shape index (κ2) is 10.6. The van der Waals surface area contributed by atoms with Gasteiger partial charge in [0.25, 0.3) is 5.91 Å². The van der Waals surface area contributed by atoms with Gasteiger partial charge in [-0.2, -0.15) is 23.0 Å². The first kappa shape index (κ1) is 26.5. The number of alkyl halides is 3. The third-order valence-corrected chi connectivity index (χ3v) is 4.63. The van der Waals surface area contributed by atoms with Gasteiger partial charge in [-0.3, -0.25) is 20.4 Å². The minimum absolute atomic E-state index is 0.0357. The van der Waals surface area contributed by atoms with E-state index in [1.54, 1.807) is 0 Å². The van der Waals surface area contributed by atoms with Gasteiger partial charge in [0.05, 0.1) is 11.3 Å². The molecule has 14 heteroatoms. The van der Waals surface area contributed by atoms with Crippen molar-refractivity contribution < 1.29 is 22.8 Å². The molecule has 0 atom stereocenters. The Morgan fingerprint density at radius 3 is 2.35 bits per heavy atom. The number of hydrogen-bond donors (Lipinski definition) is 5. The van der Waals surface area contributed by atoms with Crippen molar-refractivity contribution in [1.82, 2.24) is 19.7 Å². The molecule has 0 aliphatic heterocycles. The molecule has 2 heterocycles. The van der Waals surface area contributed by atoms with Crippen LogP contribution in [0.4, 0.5) is 19.0 Å². The highest BCUT2D eigenvalue weighted by Gasteiger charge is 2.35. The fraction of sp³-hybridized carbons (Fsp3) is 0.0870. The van der Waals surface area contributed by atoms with E-state index in [4.69, 9.17) is 22.3 Å². The molecule has 0 bridgehead atoms. The minimum atomic E-state index is -4.72. The van der Waals surface area contributed by atoms with E-state index < -0.39 is 29.1 Å². The molecule has 0 radical (unpaired) electrons. The number of primary amides is 1. The van der Waals surface area contributed by atoms with E-state index in [0.717, 1.165) is 35.0 Å². The molecule has 0 saturated heterocycles. The van der Waals surface area contributed by atoms with Crippen LogP contribution >= 0.6 is 0 Å². The highest BCUT2D eigenvalue weighted by atomic mass is 19.4. The molecule has 7 N–H and O–H groups in total. The van der Waals surface area contributed by atoms with Gasteiger partial charge < -0.3 is 16.8 Å². The monoisotopic (exact) mass is 511 g/mol. The lowest BCUT2D eigenvalue weighted by molar-refractivity contribution is -0.137. The third kappa shape index (κ3) is 6.50. The summed E-state index contributed by atoms with van der Waals surface area (Å²) in [6.07, 6.45) is 1.07. The zero-order valence-corrected chi connectivity index (χ0v) is 19.2. The van der Waals surface area contributed by atoms with E-state index in [0.29, 0.717) is 0 Å². The number of amides is 2. The van der Waals surface area contributed by atoms with E-state index in [1.807, 2.05) is 0 Å². The Morgan fingerprint density at radius 2 is 1.76 bits per heavy atom. The first-order chi connectivity index (χ1) is 17.4. The van der Waals surface area contributed by atoms with Crippen LogP contribution < -0.4 is 16.8 Å². The normalized spacial score (nSPS) is 11.9. The lowest BCUT2D eigenvalue weighted by Gasteiger charge is -2.14. The summed E-state index contributed by atoms with van der Waals surface area (Å²) in [5.74, 6) is -2.22. The number of nitrogens with one attached hydrogen (secondary N) is 3. The quantitative estimate of drug-likeness (QED) is 0.184. The molecule has 2 aromatic heterocycles. The van der Waals surface area contributed by atoms with Gasteiger partial charge in [-0.1, -0.05) is 0 Å². The molecule has 0 aliphatic rings. The van der Waals surface area contributed by atoms with Crippen LogP contribution in [0.2, 0.25) is 0 Å². The molecular weight excluding hydrogens is 491 g/mol. The van der Waals surface area contributed by atoms with Gasteiger partial charge in [0.1, 0.15) is 17.3 Å². The first-order valence-electron chi connectivity index (χ1n) is 10.4. The van der Waals surface area contributed by atoms with Gasteiger partial charge >= 0.3 is 6.18 Å². The average molecular weight is 511 g/mol. The second-order valence-corrected chi connectivity index (χ2v) is 7.53. The summed E-state index contributed by atoms with van der Waals surface area (Å²) in [5.41, 5.74) is 9.03. The summed E-state index contributed by atoms with van der Waals surface area (Å²) in [4.78, 5) is 31.7. The lowest BCUT2D eigenvalue weighted by Crippen LogP contribution is -2.20. The molecule has 1 aromatic carbocycles. The Bertz CT molecular complexity index is 1440. The number of nitrogens with zero attached hydrogens (tertiary/aromatic N) is 4. The highest BCUT2D eigenvalue weighted by molar-refractivity contribution is 6.10. The molecule has 3 rings (SSSR count). The van der Waals surface area contributed by atoms with Crippen molar-refractivity contribution in [3.63, 3.8) is 0 Å². The van der Waals surface area contributed by atoms with Crippen molar-refractivity contribution >= 4 is 29.2 Å². The maximum atomic E-state index is 13.6. The molecular formula is C23H20F3N9O2. The van der Waals surface area contributed by atoms with Gasteiger partial charge in [-0.25, -0.2) is 9.97 Å². The van der Waals surface area contributed by atoms with Crippen molar-refractivity contribution in [3.8, 4) is 11.4 Å². The van der Waals surface area contributed by atoms with Crippen LogP contribution in [0.5, 0.6) is 0 Å². The number of hydrogen-bond acceptors (Lipinski definition) is 8. The molecule has 3 aromatic rings. The SMILES string of the molecule is C/C(N)=C/C(=N)n1nc(C(=N)/C=C\C(N)=O)cc1NC(=O)c1ccc(C(F)(F)F)c(-c2ncccn2)c1. The number of rotatable bonds is 7. The molecule has 37 heavy (non-hydrogen) atoms. The number of aromatic nitrogens is 4. The van der Waals surface area contributed by atoms with E-state index >= 15 is 0 Å². The predicted molar refractivity (Wildman–Crippen MR) is 129 cm³/mol. The summed E-state index contributed by atoms with van der Waals surface area (Å²) in [6, 6.07) is 5.41. The minimum Gasteiger partial charge on any atom is -0.402 e. The lowest BCUT2D eigenvalue weighted by atomic mass is 10.0. The molecule has 2 amide bonds. The Kier molecular flexibility index (Phi) is 7.61. The molecule has 0 aliphatic carbocycles. The number of anilines is 1. The largest absolute Gasteiger partial charge is 0.417 e. The van der Waals surface area contributed by atoms with Crippen LogP contribution in [0.25, 0.3) is 11.4 Å². The fourth-order valence-electron chi connectivity index (χ4n) is 3.06. The van der Waals surface area contributed by atoms with Gasteiger partial charge in [0.2, 0.25) is 5.91 Å². The third-order valence-electron chi connectivity index (χ3n) is 4.63. The Morgan fingerprint density at radius 1 is 1.08 bits per heavy atom. The molecule has 0 unspecified atom stereocenters. The van der Waals surface area contributed by atoms with Crippen molar-refractivity contribution in [2.75, 3.05) is 5.32 Å². The molecule has 190 valence electrons. The number of carbonyl (C=O) groups is 2. The van der Waals surface area contributed by atoms with Crippen LogP contribution in [0.1, 0.15) is 28.5 Å². The van der Waals surface area contributed by atoms with Crippen molar-refractivity contribution in [3.05, 3.63) is 83.5 Å². The standard InChI is InChI=1S/C23H20F3N9O2/c1-12(27)9-18(29)35-20(11-17(34-35)16(28)5-6-19(30)36)33-22(37)13-3-4-15(23(24,25)26)14(10-13)21-31-7-2-8-32-21/h2-11,28-29H,27H2,1H3,(H2,30,36)(H,33,37)/b6-5-,12-9-,28-16?,29-18?. The second-order valence-electron chi connectivity index (χ2n) is 7.53. The van der Waals surface area contributed by atoms with Crippen LogP contribution in [-0.2, 0) is 11.0 Å². The number of allylic oxidation sites excluding steroid dienone is 3. The molecule has 0 fully saturated rings. The highest BCUT2D eigenvalue weighted by Crippen LogP contribution is 2.36. The summed E-state index contributed by atoms with van der Waals surface area (Å²) >= 11 is 0. The van der Waals surface area contributed by atoms with Crippen LogP contribution in [0.15, 0.2) is 66.7 Å². The number of benzene rings is 1. The van der Waals surface area contributed by atoms with E-state index in [9.17, 15) is 22.8 Å². The van der Waals surface area contributed by atoms with Crippen molar-refractivity contribution in [2.45, 2.75) is 13.1 Å². The van der Waals surface area contributed by atoms with Crippen molar-refractivity contribution in [2.24, 2.45) is 11.5 Å². The molecule has 11 nitrogen and oxygen atoms in total. The predicted octanol–water partition coefficient (Wildman–Crippen LogP) is 2.71. The Hall–Kier alpha value is -5.14. The summed E-state index contributed by atoms with van der Waals surface area (Å²) in [7, 11) is 0. The van der Waals surface area contributed by atoms with Gasteiger partial charge in [0, 0.05) is 47.4 Å². The molecule has 0 spiro atoms. The van der Waals surface area contributed by atoms with E-state index in [2.05, 4.69) is 20.4 Å². The topological polar surface area (TPSA) is 190 Å².